The van der Waals surface area contributed by atoms with Gasteiger partial charge in [0.2, 0.25) is 5.91 Å². The first kappa shape index (κ1) is 35.6. The van der Waals surface area contributed by atoms with Crippen molar-refractivity contribution in [3.05, 3.63) is 59.8 Å². The predicted molar refractivity (Wildman–Crippen MR) is 197 cm³/mol. The van der Waals surface area contributed by atoms with Crippen LogP contribution >= 0.6 is 11.3 Å². The van der Waals surface area contributed by atoms with Crippen LogP contribution in [0.25, 0.3) is 10.4 Å². The topological polar surface area (TPSA) is 60.9 Å². The Morgan fingerprint density at radius 2 is 1.79 bits per heavy atom. The monoisotopic (exact) mass is 676 g/mol. The second kappa shape index (κ2) is 14.8. The number of carbonyl (C=O) groups excluding carboxylic acids is 1. The maximum Gasteiger partial charge on any atom is 0.273 e. The van der Waals surface area contributed by atoms with Crippen molar-refractivity contribution in [1.29, 1.82) is 0 Å². The highest BCUT2D eigenvalue weighted by molar-refractivity contribution is 7.16. The largest absolute Gasteiger partial charge is 0.496 e. The fourth-order valence-corrected chi connectivity index (χ4v) is 9.45. The minimum atomic E-state index is -2.05. The van der Waals surface area contributed by atoms with Crippen LogP contribution in [0.15, 0.2) is 48.7 Å². The standard InChI is InChI=1S/C39H56N2O4SSi/c1-26-21-28(29-19-20-34(43-6)27(2)22-29)17-18-31(26)25-41(32-14-12-13-30(23-32)36-24-40-38(44-7)46-36)37(42)33-15-10-11-16-35(33)45-47(8,9)39(3,4)5/h12-14,19-20,22-24,26,28,31,33,35H,10-11,15-18,21,25H2,1-9H3. The van der Waals surface area contributed by atoms with Crippen LogP contribution in [0.4, 0.5) is 5.69 Å². The highest BCUT2D eigenvalue weighted by Gasteiger charge is 2.44. The number of rotatable bonds is 10. The highest BCUT2D eigenvalue weighted by Crippen LogP contribution is 2.44. The van der Waals surface area contributed by atoms with Crippen LogP contribution in [0, 0.1) is 24.7 Å². The molecule has 8 heteroatoms. The molecule has 0 N–H and O–H groups in total. The van der Waals surface area contributed by atoms with Crippen LogP contribution < -0.4 is 14.4 Å². The van der Waals surface area contributed by atoms with Crippen molar-refractivity contribution in [3.8, 4) is 21.4 Å². The molecule has 0 saturated heterocycles. The van der Waals surface area contributed by atoms with Crippen molar-refractivity contribution in [1.82, 2.24) is 4.98 Å². The third kappa shape index (κ3) is 8.14. The summed E-state index contributed by atoms with van der Waals surface area (Å²) in [5.74, 6) is 2.49. The first-order chi connectivity index (χ1) is 22.3. The molecule has 1 heterocycles. The number of aryl methyl sites for hydroxylation is 1. The summed E-state index contributed by atoms with van der Waals surface area (Å²) in [7, 11) is 1.34. The van der Waals surface area contributed by atoms with E-state index in [1.807, 2.05) is 6.20 Å². The van der Waals surface area contributed by atoms with Gasteiger partial charge in [0.05, 0.1) is 31.1 Å². The van der Waals surface area contributed by atoms with Crippen molar-refractivity contribution < 1.29 is 18.7 Å². The lowest BCUT2D eigenvalue weighted by molar-refractivity contribution is -0.127. The van der Waals surface area contributed by atoms with E-state index in [1.54, 1.807) is 14.2 Å². The van der Waals surface area contributed by atoms with Crippen molar-refractivity contribution in [2.45, 2.75) is 110 Å². The number of ether oxygens (including phenoxy) is 2. The molecule has 256 valence electrons. The fourth-order valence-electron chi connectivity index (χ4n) is 7.33. The highest BCUT2D eigenvalue weighted by atomic mass is 32.1. The number of hydrogen-bond donors (Lipinski definition) is 0. The first-order valence-corrected chi connectivity index (χ1v) is 21.3. The van der Waals surface area contributed by atoms with Gasteiger partial charge in [-0.1, -0.05) is 76.1 Å². The molecule has 0 bridgehead atoms. The third-order valence-corrected chi connectivity index (χ3v) is 16.8. The van der Waals surface area contributed by atoms with E-state index in [0.29, 0.717) is 22.9 Å². The summed E-state index contributed by atoms with van der Waals surface area (Å²) < 4.78 is 17.9. The fraction of sp³-hybridized carbons (Fsp3) is 0.590. The lowest BCUT2D eigenvalue weighted by Gasteiger charge is -2.44. The number of methoxy groups -OCH3 is 2. The average Bonchev–Trinajstić information content (AvgIpc) is 3.53. The van der Waals surface area contributed by atoms with Crippen LogP contribution in [0.2, 0.25) is 18.1 Å². The van der Waals surface area contributed by atoms with Gasteiger partial charge in [-0.3, -0.25) is 4.79 Å². The number of hydrogen-bond acceptors (Lipinski definition) is 6. The lowest BCUT2D eigenvalue weighted by Crippen LogP contribution is -2.51. The zero-order valence-corrected chi connectivity index (χ0v) is 31.9. The van der Waals surface area contributed by atoms with Crippen LogP contribution in [0.3, 0.4) is 0 Å². The van der Waals surface area contributed by atoms with Gasteiger partial charge in [0.25, 0.3) is 5.19 Å². The average molecular weight is 677 g/mol. The van der Waals surface area contributed by atoms with Gasteiger partial charge in [-0.25, -0.2) is 4.98 Å². The maximum absolute atomic E-state index is 14.9. The van der Waals surface area contributed by atoms with E-state index >= 15 is 0 Å². The summed E-state index contributed by atoms with van der Waals surface area (Å²) in [4.78, 5) is 22.5. The molecule has 2 aliphatic carbocycles. The van der Waals surface area contributed by atoms with E-state index in [-0.39, 0.29) is 23.0 Å². The van der Waals surface area contributed by atoms with Crippen LogP contribution in [0.1, 0.15) is 89.7 Å². The van der Waals surface area contributed by atoms with Gasteiger partial charge < -0.3 is 18.8 Å². The number of benzene rings is 2. The molecular weight excluding hydrogens is 621 g/mol. The molecule has 47 heavy (non-hydrogen) atoms. The Balaban J connectivity index is 1.43. The Morgan fingerprint density at radius 1 is 1.02 bits per heavy atom. The molecule has 1 amide bonds. The van der Waals surface area contributed by atoms with E-state index < -0.39 is 8.32 Å². The molecule has 2 aliphatic rings. The Bertz CT molecular complexity index is 1510. The van der Waals surface area contributed by atoms with Gasteiger partial charge in [0, 0.05) is 18.4 Å². The lowest BCUT2D eigenvalue weighted by atomic mass is 9.72. The molecule has 3 aromatic rings. The summed E-state index contributed by atoms with van der Waals surface area (Å²) in [6, 6.07) is 15.1. The maximum atomic E-state index is 14.9. The van der Waals surface area contributed by atoms with E-state index in [9.17, 15) is 4.79 Å². The second-order valence-electron chi connectivity index (χ2n) is 15.5. The molecule has 6 nitrogen and oxygen atoms in total. The van der Waals surface area contributed by atoms with Crippen molar-refractivity contribution in [2.24, 2.45) is 17.8 Å². The van der Waals surface area contributed by atoms with Gasteiger partial charge in [0.1, 0.15) is 5.75 Å². The Labute approximate surface area is 288 Å². The number of carbonyl (C=O) groups is 1. The van der Waals surface area contributed by atoms with Gasteiger partial charge in [-0.15, -0.1) is 0 Å². The SMILES string of the molecule is COc1ncc(-c2cccc(N(CC3CCC(c4ccc(OC)c(C)c4)CC3C)C(=O)C3CCCCC3O[Si](C)(C)C(C)(C)C)c2)s1. The Hall–Kier alpha value is -2.68. The van der Waals surface area contributed by atoms with Crippen molar-refractivity contribution in [3.63, 3.8) is 0 Å². The summed E-state index contributed by atoms with van der Waals surface area (Å²) in [5, 5.41) is 0.738. The molecule has 2 aromatic carbocycles. The first-order valence-electron chi connectivity index (χ1n) is 17.5. The number of anilines is 1. The molecule has 0 radical (unpaired) electrons. The van der Waals surface area contributed by atoms with Gasteiger partial charge in [-0.05, 0) is 110 Å². The minimum absolute atomic E-state index is 0.0277. The van der Waals surface area contributed by atoms with Crippen LogP contribution in [-0.2, 0) is 9.22 Å². The van der Waals surface area contributed by atoms with Crippen LogP contribution in [-0.4, -0.2) is 46.1 Å². The van der Waals surface area contributed by atoms with Crippen molar-refractivity contribution in [2.75, 3.05) is 25.7 Å². The number of amides is 1. The Morgan fingerprint density at radius 3 is 2.45 bits per heavy atom. The summed E-state index contributed by atoms with van der Waals surface area (Å²) in [5.41, 5.74) is 4.63. The van der Waals surface area contributed by atoms with Gasteiger partial charge >= 0.3 is 0 Å². The van der Waals surface area contributed by atoms with Gasteiger partial charge in [-0.2, -0.15) is 0 Å². The van der Waals surface area contributed by atoms with E-state index in [2.05, 4.69) is 100 Å². The van der Waals surface area contributed by atoms with Gasteiger partial charge in [0.15, 0.2) is 8.32 Å². The summed E-state index contributed by atoms with van der Waals surface area (Å²) in [6.07, 6.45) is 9.23. The number of thiazole rings is 1. The number of aromatic nitrogens is 1. The smallest absolute Gasteiger partial charge is 0.273 e. The quantitative estimate of drug-likeness (QED) is 0.200. The summed E-state index contributed by atoms with van der Waals surface area (Å²) >= 11 is 1.53. The molecular formula is C39H56N2O4SSi. The molecule has 0 spiro atoms. The summed E-state index contributed by atoms with van der Waals surface area (Å²) in [6.45, 7) is 16.7. The molecule has 2 saturated carbocycles. The molecule has 5 rings (SSSR count). The molecule has 0 aliphatic heterocycles. The van der Waals surface area contributed by atoms with E-state index in [0.717, 1.165) is 73.4 Å². The second-order valence-corrected chi connectivity index (χ2v) is 21.2. The van der Waals surface area contributed by atoms with E-state index in [4.69, 9.17) is 13.9 Å². The molecule has 2 fully saturated rings. The molecule has 5 atom stereocenters. The predicted octanol–water partition coefficient (Wildman–Crippen LogP) is 10.3. The zero-order valence-electron chi connectivity index (χ0n) is 30.1. The molecule has 5 unspecified atom stereocenters. The zero-order chi connectivity index (χ0) is 33.9. The minimum Gasteiger partial charge on any atom is -0.496 e. The van der Waals surface area contributed by atoms with E-state index in [1.165, 1.54) is 22.5 Å². The Kier molecular flexibility index (Phi) is 11.2. The third-order valence-electron chi connectivity index (χ3n) is 11.3. The van der Waals surface area contributed by atoms with Crippen molar-refractivity contribution >= 4 is 31.2 Å². The normalized spacial score (nSPS) is 23.7. The molecule has 1 aromatic heterocycles. The number of nitrogens with zero attached hydrogens (tertiary/aromatic N) is 2. The van der Waals surface area contributed by atoms with Crippen LogP contribution in [0.5, 0.6) is 10.9 Å².